The highest BCUT2D eigenvalue weighted by Crippen LogP contribution is 2.23. The first-order valence-electron chi connectivity index (χ1n) is 5.70. The number of aryl methyl sites for hydroxylation is 2. The number of carbonyl (C=O) groups is 1. The molecule has 0 aliphatic heterocycles. The number of nitrogens with zero attached hydrogens (tertiary/aromatic N) is 2. The van der Waals surface area contributed by atoms with Crippen LogP contribution in [0.1, 0.15) is 33.5 Å². The van der Waals surface area contributed by atoms with Gasteiger partial charge in [-0.05, 0) is 31.5 Å². The van der Waals surface area contributed by atoms with Crippen molar-refractivity contribution in [2.45, 2.75) is 26.7 Å². The second-order valence-corrected chi connectivity index (χ2v) is 5.81. The van der Waals surface area contributed by atoms with Crippen molar-refractivity contribution in [1.82, 2.24) is 10.2 Å². The van der Waals surface area contributed by atoms with Crippen molar-refractivity contribution in [3.8, 4) is 0 Å². The minimum Gasteiger partial charge on any atom is -0.294 e. The molecule has 0 radical (unpaired) electrons. The average Bonchev–Trinajstić information content (AvgIpc) is 2.74. The third kappa shape index (κ3) is 2.94. The molecule has 0 atom stereocenters. The van der Waals surface area contributed by atoms with Crippen molar-refractivity contribution in [3.63, 3.8) is 0 Å². The second kappa shape index (κ2) is 5.59. The van der Waals surface area contributed by atoms with E-state index in [-0.39, 0.29) is 5.78 Å². The molecule has 0 amide bonds. The quantitative estimate of drug-likeness (QED) is 0.805. The van der Waals surface area contributed by atoms with E-state index in [9.17, 15) is 4.79 Å². The molecule has 2 aromatic heterocycles. The van der Waals surface area contributed by atoms with Gasteiger partial charge < -0.3 is 0 Å². The molecule has 0 bridgehead atoms. The van der Waals surface area contributed by atoms with Crippen LogP contribution in [0.25, 0.3) is 0 Å². The van der Waals surface area contributed by atoms with Crippen LogP contribution >= 0.6 is 22.9 Å². The van der Waals surface area contributed by atoms with Crippen LogP contribution in [0.15, 0.2) is 18.2 Å². The Kier molecular flexibility index (Phi) is 4.09. The highest BCUT2D eigenvalue weighted by molar-refractivity contribution is 7.16. The van der Waals surface area contributed by atoms with Gasteiger partial charge in [-0.2, -0.15) is 10.2 Å². The van der Waals surface area contributed by atoms with Crippen LogP contribution in [0, 0.1) is 6.92 Å². The summed E-state index contributed by atoms with van der Waals surface area (Å²) in [6.07, 6.45) is 1.08. The molecule has 94 valence electrons. The number of thiophene rings is 1. The van der Waals surface area contributed by atoms with Crippen LogP contribution in [-0.4, -0.2) is 16.0 Å². The number of rotatable bonds is 4. The molecular weight excluding hydrogens is 268 g/mol. The lowest BCUT2D eigenvalue weighted by molar-refractivity contribution is 0.0992. The lowest BCUT2D eigenvalue weighted by Gasteiger charge is -2.05. The highest BCUT2D eigenvalue weighted by atomic mass is 35.5. The molecule has 2 aromatic rings. The number of hydrogen-bond acceptors (Lipinski definition) is 4. The predicted octanol–water partition coefficient (Wildman–Crippen LogP) is 3.49. The number of halogens is 1. The summed E-state index contributed by atoms with van der Waals surface area (Å²) in [7, 11) is 0. The molecule has 0 fully saturated rings. The SMILES string of the molecule is CCc1nnc(C)cc1C(=O)Cc1ccc(Cl)s1. The van der Waals surface area contributed by atoms with Crippen molar-refractivity contribution in [3.05, 3.63) is 44.4 Å². The minimum absolute atomic E-state index is 0.0726. The average molecular weight is 281 g/mol. The Morgan fingerprint density at radius 3 is 2.78 bits per heavy atom. The third-order valence-corrected chi connectivity index (χ3v) is 3.82. The van der Waals surface area contributed by atoms with Gasteiger partial charge in [0.1, 0.15) is 0 Å². The van der Waals surface area contributed by atoms with Gasteiger partial charge in [0.05, 0.1) is 15.7 Å². The zero-order valence-corrected chi connectivity index (χ0v) is 11.8. The van der Waals surface area contributed by atoms with Gasteiger partial charge in [0.25, 0.3) is 0 Å². The standard InChI is InChI=1S/C13H13ClN2OS/c1-3-11-10(6-8(2)15-16-11)12(17)7-9-4-5-13(14)18-9/h4-6H,3,7H2,1-2H3. The molecule has 2 heterocycles. The summed E-state index contributed by atoms with van der Waals surface area (Å²) < 4.78 is 0.706. The predicted molar refractivity (Wildman–Crippen MR) is 73.5 cm³/mol. The summed E-state index contributed by atoms with van der Waals surface area (Å²) in [5.41, 5.74) is 2.20. The van der Waals surface area contributed by atoms with Crippen molar-refractivity contribution in [1.29, 1.82) is 0 Å². The molecule has 0 spiro atoms. The zero-order chi connectivity index (χ0) is 13.1. The first-order valence-corrected chi connectivity index (χ1v) is 6.90. The molecule has 0 N–H and O–H groups in total. The number of carbonyl (C=O) groups excluding carboxylic acids is 1. The van der Waals surface area contributed by atoms with E-state index >= 15 is 0 Å². The van der Waals surface area contributed by atoms with Crippen molar-refractivity contribution >= 4 is 28.7 Å². The molecule has 0 aliphatic carbocycles. The fraction of sp³-hybridized carbons (Fsp3) is 0.308. The Hall–Kier alpha value is -1.26. The minimum atomic E-state index is 0.0726. The summed E-state index contributed by atoms with van der Waals surface area (Å²) >= 11 is 7.30. The largest absolute Gasteiger partial charge is 0.294 e. The zero-order valence-electron chi connectivity index (χ0n) is 10.2. The maximum absolute atomic E-state index is 12.3. The fourth-order valence-electron chi connectivity index (χ4n) is 1.72. The normalized spacial score (nSPS) is 10.6. The third-order valence-electron chi connectivity index (χ3n) is 2.59. The van der Waals surface area contributed by atoms with Crippen molar-refractivity contribution in [2.75, 3.05) is 0 Å². The molecule has 0 aliphatic rings. The molecule has 0 saturated carbocycles. The van der Waals surface area contributed by atoms with E-state index in [0.29, 0.717) is 22.7 Å². The van der Waals surface area contributed by atoms with Crippen LogP contribution < -0.4 is 0 Å². The van der Waals surface area contributed by atoms with Crippen LogP contribution in [0.2, 0.25) is 4.34 Å². The molecule has 2 rings (SSSR count). The molecule has 18 heavy (non-hydrogen) atoms. The smallest absolute Gasteiger partial charge is 0.170 e. The van der Waals surface area contributed by atoms with Gasteiger partial charge in [-0.1, -0.05) is 18.5 Å². The Morgan fingerprint density at radius 1 is 1.39 bits per heavy atom. The van der Waals surface area contributed by atoms with E-state index in [4.69, 9.17) is 11.6 Å². The Morgan fingerprint density at radius 2 is 2.17 bits per heavy atom. The fourth-order valence-corrected chi connectivity index (χ4v) is 2.80. The number of Topliss-reactive ketones (excluding diaryl/α,β-unsaturated/α-hetero) is 1. The summed E-state index contributed by atoms with van der Waals surface area (Å²) in [4.78, 5) is 13.2. The van der Waals surface area contributed by atoms with Crippen LogP contribution in [0.5, 0.6) is 0 Å². The van der Waals surface area contributed by atoms with Gasteiger partial charge in [-0.15, -0.1) is 11.3 Å². The van der Waals surface area contributed by atoms with E-state index in [0.717, 1.165) is 16.3 Å². The summed E-state index contributed by atoms with van der Waals surface area (Å²) in [5, 5.41) is 8.05. The maximum Gasteiger partial charge on any atom is 0.170 e. The molecular formula is C13H13ClN2OS. The van der Waals surface area contributed by atoms with Gasteiger partial charge in [0.15, 0.2) is 5.78 Å². The maximum atomic E-state index is 12.3. The molecule has 5 heteroatoms. The Bertz CT molecular complexity index is 580. The first kappa shape index (κ1) is 13.2. The van der Waals surface area contributed by atoms with E-state index in [1.807, 2.05) is 32.0 Å². The second-order valence-electron chi connectivity index (χ2n) is 4.01. The van der Waals surface area contributed by atoms with Crippen molar-refractivity contribution < 1.29 is 4.79 Å². The van der Waals surface area contributed by atoms with Crippen LogP contribution in [-0.2, 0) is 12.8 Å². The van der Waals surface area contributed by atoms with Gasteiger partial charge in [0, 0.05) is 16.9 Å². The lowest BCUT2D eigenvalue weighted by atomic mass is 10.0. The highest BCUT2D eigenvalue weighted by Gasteiger charge is 2.14. The lowest BCUT2D eigenvalue weighted by Crippen LogP contribution is -2.09. The number of aromatic nitrogens is 2. The van der Waals surface area contributed by atoms with E-state index < -0.39 is 0 Å². The molecule has 0 aromatic carbocycles. The molecule has 0 unspecified atom stereocenters. The monoisotopic (exact) mass is 280 g/mol. The number of ketones is 1. The van der Waals surface area contributed by atoms with E-state index in [1.165, 1.54) is 11.3 Å². The summed E-state index contributed by atoms with van der Waals surface area (Å²) in [5.74, 6) is 0.0726. The van der Waals surface area contributed by atoms with E-state index in [2.05, 4.69) is 10.2 Å². The van der Waals surface area contributed by atoms with E-state index in [1.54, 1.807) is 0 Å². The summed E-state index contributed by atoms with van der Waals surface area (Å²) in [6, 6.07) is 5.51. The molecule has 3 nitrogen and oxygen atoms in total. The molecule has 0 saturated heterocycles. The topological polar surface area (TPSA) is 42.9 Å². The van der Waals surface area contributed by atoms with Gasteiger partial charge >= 0.3 is 0 Å². The van der Waals surface area contributed by atoms with Crippen molar-refractivity contribution in [2.24, 2.45) is 0 Å². The van der Waals surface area contributed by atoms with Crippen LogP contribution in [0.4, 0.5) is 0 Å². The summed E-state index contributed by atoms with van der Waals surface area (Å²) in [6.45, 7) is 3.81. The van der Waals surface area contributed by atoms with Gasteiger partial charge in [-0.3, -0.25) is 4.79 Å². The first-order chi connectivity index (χ1) is 8.60. The number of hydrogen-bond donors (Lipinski definition) is 0. The Balaban J connectivity index is 2.25. The Labute approximate surface area is 115 Å². The van der Waals surface area contributed by atoms with Gasteiger partial charge in [0.2, 0.25) is 0 Å². The van der Waals surface area contributed by atoms with Crippen LogP contribution in [0.3, 0.4) is 0 Å². The van der Waals surface area contributed by atoms with Gasteiger partial charge in [-0.25, -0.2) is 0 Å².